The number of benzene rings is 1. The molecule has 1 fully saturated rings. The van der Waals surface area contributed by atoms with E-state index in [1.54, 1.807) is 38.4 Å². The normalized spacial score (nSPS) is 15.2. The van der Waals surface area contributed by atoms with Gasteiger partial charge < -0.3 is 14.6 Å². The van der Waals surface area contributed by atoms with E-state index in [2.05, 4.69) is 26.6 Å². The van der Waals surface area contributed by atoms with Gasteiger partial charge in [0.25, 0.3) is 11.5 Å². The van der Waals surface area contributed by atoms with Crippen LogP contribution in [0.25, 0.3) is 43.7 Å². The lowest BCUT2D eigenvalue weighted by atomic mass is 9.99. The van der Waals surface area contributed by atoms with E-state index in [0.29, 0.717) is 39.0 Å². The van der Waals surface area contributed by atoms with Crippen LogP contribution in [-0.4, -0.2) is 82.4 Å². The molecule has 1 aliphatic heterocycles. The van der Waals surface area contributed by atoms with Crippen molar-refractivity contribution in [2.45, 2.75) is 44.6 Å². The molecule has 1 atom stereocenters. The predicted octanol–water partition coefficient (Wildman–Crippen LogP) is 5.03. The van der Waals surface area contributed by atoms with Gasteiger partial charge in [0.15, 0.2) is 26.2 Å². The van der Waals surface area contributed by atoms with Gasteiger partial charge in [0.1, 0.15) is 17.6 Å². The smallest absolute Gasteiger partial charge is 0.282 e. The van der Waals surface area contributed by atoms with Crippen LogP contribution in [0.5, 0.6) is 0 Å². The number of aryl methyl sites for hydroxylation is 2. The number of hydrogen-bond acceptors (Lipinski definition) is 8. The first-order valence-corrected chi connectivity index (χ1v) is 17.7. The lowest BCUT2D eigenvalue weighted by Crippen LogP contribution is -2.57. The molecule has 1 amide bonds. The van der Waals surface area contributed by atoms with Crippen LogP contribution in [-0.2, 0) is 14.6 Å². The average molecular weight is 701 g/mol. The van der Waals surface area contributed by atoms with Crippen molar-refractivity contribution in [2.24, 2.45) is 0 Å². The van der Waals surface area contributed by atoms with E-state index < -0.39 is 43.9 Å². The number of aromatic nitrogens is 5. The first-order chi connectivity index (χ1) is 23.6. The van der Waals surface area contributed by atoms with Gasteiger partial charge in [0.2, 0.25) is 6.54 Å². The lowest BCUT2D eigenvalue weighted by molar-refractivity contribution is -0.131. The van der Waals surface area contributed by atoms with E-state index in [0.717, 1.165) is 6.26 Å². The van der Waals surface area contributed by atoms with Gasteiger partial charge in [-0.2, -0.15) is 5.10 Å². The van der Waals surface area contributed by atoms with E-state index in [-0.39, 0.29) is 54.5 Å². The van der Waals surface area contributed by atoms with Crippen LogP contribution in [0.1, 0.15) is 36.6 Å². The molecule has 1 aliphatic rings. The van der Waals surface area contributed by atoms with Crippen molar-refractivity contribution in [2.75, 3.05) is 37.3 Å². The Morgan fingerprint density at radius 1 is 1.16 bits per heavy atom. The zero-order valence-corrected chi connectivity index (χ0v) is 28.9. The Hall–Kier alpha value is -5.49. The first-order valence-electron chi connectivity index (χ1n) is 15.8. The molecule has 0 aliphatic carbocycles. The minimum Gasteiger partial charge on any atom is -0.366 e. The van der Waals surface area contributed by atoms with Crippen molar-refractivity contribution in [1.29, 1.82) is 0 Å². The minimum absolute atomic E-state index is 0.0116. The molecule has 1 N–H and O–H groups in total. The van der Waals surface area contributed by atoms with Crippen LogP contribution in [0.2, 0.25) is 0 Å². The highest BCUT2D eigenvalue weighted by Crippen LogP contribution is 2.39. The van der Waals surface area contributed by atoms with E-state index >= 15 is 4.39 Å². The molecule has 5 aromatic rings. The predicted molar refractivity (Wildman–Crippen MR) is 186 cm³/mol. The Morgan fingerprint density at radius 2 is 1.90 bits per heavy atom. The zero-order valence-electron chi connectivity index (χ0n) is 28.1. The number of piperazine rings is 1. The number of nitrogens with zero attached hydrogens (tertiary/aromatic N) is 7. The maximum atomic E-state index is 16.7. The second-order valence-corrected chi connectivity index (χ2v) is 14.7. The van der Waals surface area contributed by atoms with E-state index in [1.807, 2.05) is 19.9 Å². The summed E-state index contributed by atoms with van der Waals surface area (Å²) in [6, 6.07) is 5.57. The minimum atomic E-state index is -4.33. The molecule has 15 heteroatoms. The summed E-state index contributed by atoms with van der Waals surface area (Å²) < 4.78 is 59.2. The van der Waals surface area contributed by atoms with Crippen molar-refractivity contribution in [1.82, 2.24) is 29.6 Å². The fourth-order valence-corrected chi connectivity index (χ4v) is 7.74. The molecule has 0 spiro atoms. The van der Waals surface area contributed by atoms with Crippen LogP contribution in [0.4, 0.5) is 14.5 Å². The number of fused-ring (bicyclic) bond motifs is 2. The van der Waals surface area contributed by atoms with Crippen molar-refractivity contribution < 1.29 is 22.0 Å². The largest absolute Gasteiger partial charge is 0.366 e. The standard InChI is InChI=1S/C35H34F2N8O4S/c1-18(2)28-30(20(4)10-11-39-28)45-33-23(14-25(37)29(41-33)27-19(3)8-9-26-24(27)16-40-42-26)31(32(35(45)47)50(7,48)49)43-12-13-44(34(46)21(5)36)22(17-43)15-38-6/h8-11,14,16,18,22H,5,12-13,15,17H2,1-4,7H3,(H,40,42)/t22-/m0/s1. The van der Waals surface area contributed by atoms with Gasteiger partial charge in [-0.1, -0.05) is 26.5 Å². The number of sulfone groups is 1. The van der Waals surface area contributed by atoms with Crippen LogP contribution in [0.15, 0.2) is 58.8 Å². The molecule has 1 aromatic carbocycles. The second kappa shape index (κ2) is 12.8. The number of nitrogens with one attached hydrogen (secondary N) is 1. The molecule has 50 heavy (non-hydrogen) atoms. The van der Waals surface area contributed by atoms with Gasteiger partial charge in [-0.15, -0.1) is 0 Å². The Morgan fingerprint density at radius 3 is 2.56 bits per heavy atom. The molecule has 258 valence electrons. The number of H-pyrrole nitrogens is 1. The summed E-state index contributed by atoms with van der Waals surface area (Å²) in [5, 5.41) is 7.60. The van der Waals surface area contributed by atoms with Crippen LogP contribution < -0.4 is 10.5 Å². The van der Waals surface area contributed by atoms with Crippen LogP contribution in [0.3, 0.4) is 0 Å². The molecule has 0 radical (unpaired) electrons. The average Bonchev–Trinajstić information content (AvgIpc) is 3.53. The fourth-order valence-electron chi connectivity index (χ4n) is 6.75. The van der Waals surface area contributed by atoms with Gasteiger partial charge in [-0.05, 0) is 49.1 Å². The Balaban J connectivity index is 1.76. The van der Waals surface area contributed by atoms with Gasteiger partial charge in [-0.3, -0.25) is 24.2 Å². The summed E-state index contributed by atoms with van der Waals surface area (Å²) in [6.45, 7) is 17.3. The molecule has 6 rings (SSSR count). The maximum absolute atomic E-state index is 16.7. The number of rotatable bonds is 7. The first kappa shape index (κ1) is 34.4. The van der Waals surface area contributed by atoms with Crippen molar-refractivity contribution in [3.63, 3.8) is 0 Å². The number of halogens is 2. The maximum Gasteiger partial charge on any atom is 0.282 e. The number of hydrogen-bond donors (Lipinski definition) is 1. The highest BCUT2D eigenvalue weighted by atomic mass is 32.2. The Bertz CT molecular complexity index is 2450. The molecule has 1 saturated heterocycles. The lowest BCUT2D eigenvalue weighted by Gasteiger charge is -2.41. The van der Waals surface area contributed by atoms with Crippen molar-refractivity contribution in [3.05, 3.63) is 93.5 Å². The third kappa shape index (κ3) is 5.68. The molecule has 4 aromatic heterocycles. The number of anilines is 1. The number of carbonyl (C=O) groups excluding carboxylic acids is 1. The number of aromatic amines is 1. The van der Waals surface area contributed by atoms with E-state index in [4.69, 9.17) is 11.6 Å². The van der Waals surface area contributed by atoms with E-state index in [1.165, 1.54) is 20.4 Å². The summed E-state index contributed by atoms with van der Waals surface area (Å²) in [6.07, 6.45) is 4.05. The monoisotopic (exact) mass is 700 g/mol. The van der Waals surface area contributed by atoms with Crippen LogP contribution in [0, 0.1) is 26.2 Å². The molecular weight excluding hydrogens is 667 g/mol. The van der Waals surface area contributed by atoms with Gasteiger partial charge in [-0.25, -0.2) is 28.8 Å². The summed E-state index contributed by atoms with van der Waals surface area (Å²) in [5.41, 5.74) is 2.04. The van der Waals surface area contributed by atoms with E-state index in [9.17, 15) is 22.4 Å². The molecule has 0 bridgehead atoms. The molecular formula is C35H34F2N8O4S. The number of amides is 1. The molecule has 12 nitrogen and oxygen atoms in total. The molecule has 0 saturated carbocycles. The second-order valence-electron chi connectivity index (χ2n) is 12.7. The van der Waals surface area contributed by atoms with Gasteiger partial charge >= 0.3 is 0 Å². The Kier molecular flexibility index (Phi) is 8.77. The number of carbonyl (C=O) groups is 1. The van der Waals surface area contributed by atoms with Crippen molar-refractivity contribution in [3.8, 4) is 16.9 Å². The third-order valence-corrected chi connectivity index (χ3v) is 10.1. The summed E-state index contributed by atoms with van der Waals surface area (Å²) >= 11 is 0. The highest BCUT2D eigenvalue weighted by molar-refractivity contribution is 7.90. The number of pyridine rings is 3. The Labute approximate surface area is 286 Å². The fraction of sp³-hybridized carbons (Fsp3) is 0.314. The highest BCUT2D eigenvalue weighted by Gasteiger charge is 2.38. The topological polar surface area (TPSA) is 139 Å². The zero-order chi connectivity index (χ0) is 36.2. The summed E-state index contributed by atoms with van der Waals surface area (Å²) in [4.78, 5) is 42.4. The van der Waals surface area contributed by atoms with Crippen molar-refractivity contribution >= 4 is 43.4 Å². The van der Waals surface area contributed by atoms with Gasteiger partial charge in [0, 0.05) is 48.4 Å². The van der Waals surface area contributed by atoms with Crippen LogP contribution >= 0.6 is 0 Å². The SMILES string of the molecule is [C-]#[N+]C[C@H]1CN(c2c(S(C)(=O)=O)c(=O)n(-c3c(C)ccnc3C(C)C)c3nc(-c4c(C)ccc5[nH]ncc45)c(F)cc23)CCN1C(=O)C(=C)F. The summed E-state index contributed by atoms with van der Waals surface area (Å²) in [7, 11) is -4.33. The third-order valence-electron chi connectivity index (χ3n) is 8.99. The quantitative estimate of drug-likeness (QED) is 0.185. The summed E-state index contributed by atoms with van der Waals surface area (Å²) in [5.74, 6) is -3.18. The molecule has 5 heterocycles. The molecule has 0 unspecified atom stereocenters. The van der Waals surface area contributed by atoms with Gasteiger partial charge in [0.05, 0.1) is 28.8 Å².